The maximum Gasteiger partial charge on any atom is 0.419 e. The Hall–Kier alpha value is -1.30. The van der Waals surface area contributed by atoms with Crippen LogP contribution in [0.5, 0.6) is 0 Å². The van der Waals surface area contributed by atoms with E-state index in [1.807, 2.05) is 0 Å². The molecule has 0 aliphatic carbocycles. The van der Waals surface area contributed by atoms with Crippen LogP contribution >= 0.6 is 24.0 Å². The Bertz CT molecular complexity index is 470. The minimum absolute atomic E-state index is 0. The van der Waals surface area contributed by atoms with Gasteiger partial charge in [-0.15, -0.1) is 24.0 Å². The molecule has 0 fully saturated rings. The molecule has 0 unspecified atom stereocenters. The number of halogens is 4. The fraction of sp³-hybridized carbons (Fsp3) is 0.500. The van der Waals surface area contributed by atoms with Crippen LogP contribution in [-0.2, 0) is 10.9 Å². The van der Waals surface area contributed by atoms with Crippen molar-refractivity contribution in [2.45, 2.75) is 6.18 Å². The number of hydrogen-bond acceptors (Lipinski definition) is 4. The average molecular weight is 433 g/mol. The topological polar surface area (TPSA) is 84.6 Å². The Morgan fingerprint density at radius 1 is 1.41 bits per heavy atom. The Labute approximate surface area is 143 Å². The smallest absolute Gasteiger partial charge is 0.383 e. The summed E-state index contributed by atoms with van der Waals surface area (Å²) < 4.78 is 42.9. The third kappa shape index (κ3) is 7.64. The van der Waals surface area contributed by atoms with E-state index in [1.165, 1.54) is 12.3 Å². The summed E-state index contributed by atoms with van der Waals surface area (Å²) in [4.78, 5) is 7.64. The third-order valence-corrected chi connectivity index (χ3v) is 2.41. The highest BCUT2D eigenvalue weighted by Gasteiger charge is 2.33. The summed E-state index contributed by atoms with van der Waals surface area (Å²) in [5.41, 5.74) is 4.75. The number of pyridine rings is 1. The number of anilines is 1. The highest BCUT2D eigenvalue weighted by atomic mass is 127. The van der Waals surface area contributed by atoms with Crippen molar-refractivity contribution in [1.82, 2.24) is 10.3 Å². The molecule has 0 amide bonds. The SMILES string of the molecule is COCCN=C(N)NCCNc1ncccc1C(F)(F)F.I. The number of aromatic nitrogens is 1. The van der Waals surface area contributed by atoms with Crippen LogP contribution in [0.15, 0.2) is 23.3 Å². The van der Waals surface area contributed by atoms with E-state index in [-0.39, 0.29) is 42.3 Å². The zero-order chi connectivity index (χ0) is 15.7. The lowest BCUT2D eigenvalue weighted by Crippen LogP contribution is -2.35. The first-order valence-electron chi connectivity index (χ1n) is 6.24. The quantitative estimate of drug-likeness (QED) is 0.264. The summed E-state index contributed by atoms with van der Waals surface area (Å²) in [5.74, 6) is 0.00705. The van der Waals surface area contributed by atoms with Gasteiger partial charge in [0.05, 0.1) is 18.7 Å². The van der Waals surface area contributed by atoms with Gasteiger partial charge in [0.15, 0.2) is 5.96 Å². The molecule has 1 aromatic rings. The number of rotatable bonds is 7. The number of nitrogens with zero attached hydrogens (tertiary/aromatic N) is 2. The van der Waals surface area contributed by atoms with Crippen molar-refractivity contribution in [3.05, 3.63) is 23.9 Å². The van der Waals surface area contributed by atoms with Gasteiger partial charge >= 0.3 is 6.18 Å². The van der Waals surface area contributed by atoms with Gasteiger partial charge < -0.3 is 21.1 Å². The predicted molar refractivity (Wildman–Crippen MR) is 89.5 cm³/mol. The second kappa shape index (κ2) is 10.4. The molecule has 0 atom stereocenters. The van der Waals surface area contributed by atoms with E-state index in [4.69, 9.17) is 10.5 Å². The molecular formula is C12H19F3IN5O. The maximum atomic E-state index is 12.7. The van der Waals surface area contributed by atoms with Crippen molar-refractivity contribution in [3.63, 3.8) is 0 Å². The largest absolute Gasteiger partial charge is 0.419 e. The van der Waals surface area contributed by atoms with Crippen molar-refractivity contribution in [3.8, 4) is 0 Å². The molecular weight excluding hydrogens is 414 g/mol. The standard InChI is InChI=1S/C12H18F3N5O.HI/c1-21-8-7-20-11(16)19-6-5-18-10-9(12(13,14)15)3-2-4-17-10;/h2-4H,5-8H2,1H3,(H,17,18)(H3,16,19,20);1H. The number of nitrogens with two attached hydrogens (primary N) is 1. The van der Waals surface area contributed by atoms with Crippen molar-refractivity contribution in [1.29, 1.82) is 0 Å². The number of aliphatic imine (C=N–C) groups is 1. The van der Waals surface area contributed by atoms with Crippen molar-refractivity contribution >= 4 is 35.8 Å². The van der Waals surface area contributed by atoms with Crippen molar-refractivity contribution in [2.75, 3.05) is 38.7 Å². The van der Waals surface area contributed by atoms with Crippen molar-refractivity contribution in [2.24, 2.45) is 10.7 Å². The van der Waals surface area contributed by atoms with Gasteiger partial charge in [-0.25, -0.2) is 4.98 Å². The molecule has 126 valence electrons. The predicted octanol–water partition coefficient (Wildman–Crippen LogP) is 1.68. The maximum absolute atomic E-state index is 12.7. The van der Waals surface area contributed by atoms with Gasteiger partial charge in [-0.05, 0) is 12.1 Å². The summed E-state index contributed by atoms with van der Waals surface area (Å²) in [5, 5.41) is 5.38. The van der Waals surface area contributed by atoms with Crippen LogP contribution < -0.4 is 16.4 Å². The molecule has 4 N–H and O–H groups in total. The number of methoxy groups -OCH3 is 1. The Morgan fingerprint density at radius 3 is 2.77 bits per heavy atom. The van der Waals surface area contributed by atoms with E-state index >= 15 is 0 Å². The van der Waals surface area contributed by atoms with Crippen LogP contribution in [0.2, 0.25) is 0 Å². The summed E-state index contributed by atoms with van der Waals surface area (Å²) in [6, 6.07) is 2.22. The molecule has 0 aliphatic rings. The summed E-state index contributed by atoms with van der Waals surface area (Å²) in [7, 11) is 1.55. The molecule has 1 rings (SSSR count). The zero-order valence-corrected chi connectivity index (χ0v) is 14.3. The van der Waals surface area contributed by atoms with E-state index in [0.29, 0.717) is 19.7 Å². The number of guanidine groups is 1. The van der Waals surface area contributed by atoms with E-state index < -0.39 is 11.7 Å². The van der Waals surface area contributed by atoms with Gasteiger partial charge in [-0.2, -0.15) is 13.2 Å². The number of ether oxygens (including phenoxy) is 1. The summed E-state index contributed by atoms with van der Waals surface area (Å²) in [6.07, 6.45) is -3.14. The van der Waals surface area contributed by atoms with Crippen LogP contribution in [0.4, 0.5) is 19.0 Å². The number of alkyl halides is 3. The van der Waals surface area contributed by atoms with Gasteiger partial charge in [0.25, 0.3) is 0 Å². The highest BCUT2D eigenvalue weighted by Crippen LogP contribution is 2.33. The molecule has 6 nitrogen and oxygen atoms in total. The molecule has 0 spiro atoms. The van der Waals surface area contributed by atoms with E-state index in [9.17, 15) is 13.2 Å². The molecule has 1 heterocycles. The molecule has 10 heteroatoms. The summed E-state index contributed by atoms with van der Waals surface area (Å²) >= 11 is 0. The fourth-order valence-corrected chi connectivity index (χ4v) is 1.46. The number of hydrogen-bond donors (Lipinski definition) is 3. The van der Waals surface area contributed by atoms with Crippen LogP contribution in [-0.4, -0.2) is 44.3 Å². The zero-order valence-electron chi connectivity index (χ0n) is 12.0. The van der Waals surface area contributed by atoms with Gasteiger partial charge in [0, 0.05) is 26.4 Å². The van der Waals surface area contributed by atoms with Crippen LogP contribution in [0, 0.1) is 0 Å². The lowest BCUT2D eigenvalue weighted by Gasteiger charge is -2.13. The monoisotopic (exact) mass is 433 g/mol. The average Bonchev–Trinajstić information content (AvgIpc) is 2.43. The second-order valence-corrected chi connectivity index (χ2v) is 4.01. The van der Waals surface area contributed by atoms with Gasteiger partial charge in [0.1, 0.15) is 5.82 Å². The Balaban J connectivity index is 0.00000441. The first-order valence-corrected chi connectivity index (χ1v) is 6.24. The van der Waals surface area contributed by atoms with E-state index in [2.05, 4.69) is 20.6 Å². The van der Waals surface area contributed by atoms with Gasteiger partial charge in [-0.3, -0.25) is 4.99 Å². The highest BCUT2D eigenvalue weighted by molar-refractivity contribution is 14.0. The first kappa shape index (κ1) is 20.7. The molecule has 0 aromatic carbocycles. The van der Waals surface area contributed by atoms with Crippen LogP contribution in [0.1, 0.15) is 5.56 Å². The lowest BCUT2D eigenvalue weighted by atomic mass is 10.2. The van der Waals surface area contributed by atoms with Gasteiger partial charge in [0.2, 0.25) is 0 Å². The molecule has 0 bridgehead atoms. The third-order valence-electron chi connectivity index (χ3n) is 2.41. The number of nitrogens with one attached hydrogen (secondary N) is 2. The summed E-state index contributed by atoms with van der Waals surface area (Å²) in [6.45, 7) is 1.40. The molecule has 0 radical (unpaired) electrons. The minimum Gasteiger partial charge on any atom is -0.383 e. The minimum atomic E-state index is -4.44. The fourth-order valence-electron chi connectivity index (χ4n) is 1.46. The molecule has 0 saturated heterocycles. The molecule has 1 aromatic heterocycles. The van der Waals surface area contributed by atoms with E-state index in [1.54, 1.807) is 7.11 Å². The lowest BCUT2D eigenvalue weighted by molar-refractivity contribution is -0.137. The first-order chi connectivity index (χ1) is 9.95. The van der Waals surface area contributed by atoms with Crippen LogP contribution in [0.25, 0.3) is 0 Å². The molecule has 22 heavy (non-hydrogen) atoms. The molecule has 0 saturated carbocycles. The second-order valence-electron chi connectivity index (χ2n) is 4.01. The van der Waals surface area contributed by atoms with Crippen LogP contribution in [0.3, 0.4) is 0 Å². The van der Waals surface area contributed by atoms with Gasteiger partial charge in [-0.1, -0.05) is 0 Å². The normalized spacial score (nSPS) is 11.7. The van der Waals surface area contributed by atoms with Crippen molar-refractivity contribution < 1.29 is 17.9 Å². The van der Waals surface area contributed by atoms with E-state index in [0.717, 1.165) is 6.07 Å². The Kier molecular flexibility index (Phi) is 9.81. The Morgan fingerprint density at radius 2 is 2.14 bits per heavy atom. The molecule has 0 aliphatic heterocycles.